The van der Waals surface area contributed by atoms with Gasteiger partial charge in [0.15, 0.2) is 11.4 Å². The van der Waals surface area contributed by atoms with E-state index in [-0.39, 0.29) is 12.2 Å². The van der Waals surface area contributed by atoms with Crippen molar-refractivity contribution in [1.29, 1.82) is 0 Å². The number of hydrogen-bond acceptors (Lipinski definition) is 4. The van der Waals surface area contributed by atoms with Crippen molar-refractivity contribution >= 4 is 22.9 Å². The Morgan fingerprint density at radius 2 is 1.96 bits per heavy atom. The molecule has 0 aliphatic heterocycles. The molecule has 0 bridgehead atoms. The van der Waals surface area contributed by atoms with E-state index >= 15 is 0 Å². The number of pyridine rings is 1. The Bertz CT molecular complexity index is 877. The maximum Gasteiger partial charge on any atom is 0.356 e. The first-order chi connectivity index (χ1) is 11.2. The molecular formula is C15H16N2O6S. The van der Waals surface area contributed by atoms with E-state index in [4.69, 9.17) is 5.11 Å². The second kappa shape index (κ2) is 6.85. The Hall–Kier alpha value is -2.65. The number of hydrogen-bond donors (Lipinski definition) is 3. The highest BCUT2D eigenvalue weighted by molar-refractivity contribution is 7.80. The zero-order chi connectivity index (χ0) is 18.0. The highest BCUT2D eigenvalue weighted by atomic mass is 32.2. The quantitative estimate of drug-likeness (QED) is 0.697. The Kier molecular flexibility index (Phi) is 5.05. The molecule has 0 spiro atoms. The SMILES string of the molecule is Cc1ccccc1N(Cc1cc(=O)c(O)c(C(=O)O)n1C)S(=O)O. The Morgan fingerprint density at radius 1 is 1.33 bits per heavy atom. The molecule has 0 radical (unpaired) electrons. The summed E-state index contributed by atoms with van der Waals surface area (Å²) in [7, 11) is 1.36. The van der Waals surface area contributed by atoms with E-state index < -0.39 is 34.1 Å². The van der Waals surface area contributed by atoms with Gasteiger partial charge in [-0.15, -0.1) is 0 Å². The van der Waals surface area contributed by atoms with Crippen LogP contribution in [0.15, 0.2) is 35.1 Å². The van der Waals surface area contributed by atoms with Crippen molar-refractivity contribution in [2.45, 2.75) is 13.5 Å². The number of aromatic nitrogens is 1. The van der Waals surface area contributed by atoms with Crippen molar-refractivity contribution in [1.82, 2.24) is 4.57 Å². The summed E-state index contributed by atoms with van der Waals surface area (Å²) in [6, 6.07) is 7.91. The summed E-state index contributed by atoms with van der Waals surface area (Å²) in [5.74, 6) is -2.34. The fourth-order valence-corrected chi connectivity index (χ4v) is 2.96. The van der Waals surface area contributed by atoms with Gasteiger partial charge in [-0.25, -0.2) is 9.00 Å². The van der Waals surface area contributed by atoms with Crippen LogP contribution in [0.2, 0.25) is 0 Å². The van der Waals surface area contributed by atoms with Gasteiger partial charge in [0.2, 0.25) is 5.43 Å². The molecule has 24 heavy (non-hydrogen) atoms. The van der Waals surface area contributed by atoms with Crippen molar-refractivity contribution in [2.75, 3.05) is 4.31 Å². The molecule has 128 valence electrons. The van der Waals surface area contributed by atoms with Crippen LogP contribution in [0.5, 0.6) is 5.75 Å². The molecular weight excluding hydrogens is 336 g/mol. The van der Waals surface area contributed by atoms with Gasteiger partial charge in [-0.05, 0) is 18.6 Å². The molecule has 0 amide bonds. The van der Waals surface area contributed by atoms with Gasteiger partial charge in [-0.1, -0.05) is 18.2 Å². The molecule has 0 saturated heterocycles. The van der Waals surface area contributed by atoms with Crippen LogP contribution >= 0.6 is 0 Å². The minimum absolute atomic E-state index is 0.167. The first kappa shape index (κ1) is 17.7. The van der Waals surface area contributed by atoms with Crippen molar-refractivity contribution in [2.24, 2.45) is 7.05 Å². The number of rotatable bonds is 5. The maximum atomic E-state index is 11.8. The van der Waals surface area contributed by atoms with Crippen LogP contribution in [0, 0.1) is 6.92 Å². The summed E-state index contributed by atoms with van der Waals surface area (Å²) in [5.41, 5.74) is -0.0707. The Balaban J connectivity index is 2.56. The van der Waals surface area contributed by atoms with E-state index in [0.29, 0.717) is 5.69 Å². The summed E-state index contributed by atoms with van der Waals surface area (Å²) in [4.78, 5) is 23.0. The molecule has 0 fully saturated rings. The topological polar surface area (TPSA) is 120 Å². The number of para-hydroxylation sites is 1. The lowest BCUT2D eigenvalue weighted by Gasteiger charge is -2.23. The molecule has 1 aromatic carbocycles. The average Bonchev–Trinajstić information content (AvgIpc) is 2.50. The molecule has 2 aromatic rings. The van der Waals surface area contributed by atoms with Crippen LogP contribution in [0.25, 0.3) is 0 Å². The number of anilines is 1. The predicted molar refractivity (Wildman–Crippen MR) is 88.4 cm³/mol. The summed E-state index contributed by atoms with van der Waals surface area (Å²) < 4.78 is 23.5. The van der Waals surface area contributed by atoms with Crippen LogP contribution in [0.3, 0.4) is 0 Å². The molecule has 9 heteroatoms. The van der Waals surface area contributed by atoms with Gasteiger partial charge >= 0.3 is 5.97 Å². The Labute approximate surface area is 140 Å². The minimum atomic E-state index is -2.39. The number of carboxylic acids is 1. The first-order valence-electron chi connectivity index (χ1n) is 6.83. The minimum Gasteiger partial charge on any atom is -0.502 e. The molecule has 1 atom stereocenters. The maximum absolute atomic E-state index is 11.8. The second-order valence-electron chi connectivity index (χ2n) is 5.12. The number of nitrogens with zero attached hydrogens (tertiary/aromatic N) is 2. The Morgan fingerprint density at radius 3 is 2.50 bits per heavy atom. The van der Waals surface area contributed by atoms with E-state index in [9.17, 15) is 23.5 Å². The lowest BCUT2D eigenvalue weighted by Crippen LogP contribution is -2.29. The number of carbonyl (C=O) groups is 1. The monoisotopic (exact) mass is 352 g/mol. The summed E-state index contributed by atoms with van der Waals surface area (Å²) in [6.07, 6.45) is 0. The highest BCUT2D eigenvalue weighted by Crippen LogP contribution is 2.23. The van der Waals surface area contributed by atoms with Crippen molar-refractivity contribution < 1.29 is 23.8 Å². The smallest absolute Gasteiger partial charge is 0.356 e. The number of carboxylic acid groups (broad SMARTS) is 1. The van der Waals surface area contributed by atoms with Gasteiger partial charge in [-0.3, -0.25) is 13.7 Å². The number of aryl methyl sites for hydroxylation is 1. The third-order valence-electron chi connectivity index (χ3n) is 3.60. The van der Waals surface area contributed by atoms with Crippen LogP contribution in [-0.2, 0) is 24.9 Å². The van der Waals surface area contributed by atoms with Gasteiger partial charge in [0.1, 0.15) is 0 Å². The average molecular weight is 352 g/mol. The largest absolute Gasteiger partial charge is 0.502 e. The molecule has 8 nitrogen and oxygen atoms in total. The molecule has 1 unspecified atom stereocenters. The fraction of sp³-hybridized carbons (Fsp3) is 0.200. The van der Waals surface area contributed by atoms with Crippen LogP contribution in [-0.4, -0.2) is 29.5 Å². The first-order valence-corrected chi connectivity index (χ1v) is 7.89. The van der Waals surface area contributed by atoms with E-state index in [1.165, 1.54) is 7.05 Å². The van der Waals surface area contributed by atoms with Gasteiger partial charge in [0.25, 0.3) is 11.3 Å². The van der Waals surface area contributed by atoms with Gasteiger partial charge in [-0.2, -0.15) is 0 Å². The fourth-order valence-electron chi connectivity index (χ4n) is 2.35. The van der Waals surface area contributed by atoms with Crippen molar-refractivity contribution in [3.8, 4) is 5.75 Å². The van der Waals surface area contributed by atoms with E-state index in [1.54, 1.807) is 31.2 Å². The molecule has 0 aliphatic rings. The van der Waals surface area contributed by atoms with Crippen LogP contribution in [0.4, 0.5) is 5.69 Å². The summed E-state index contributed by atoms with van der Waals surface area (Å²) >= 11 is -2.39. The van der Waals surface area contributed by atoms with Crippen molar-refractivity contribution in [3.63, 3.8) is 0 Å². The van der Waals surface area contributed by atoms with E-state index in [0.717, 1.165) is 20.5 Å². The van der Waals surface area contributed by atoms with E-state index in [2.05, 4.69) is 0 Å². The third kappa shape index (κ3) is 3.31. The zero-order valence-corrected chi connectivity index (χ0v) is 13.8. The second-order valence-corrected chi connectivity index (χ2v) is 6.02. The zero-order valence-electron chi connectivity index (χ0n) is 13.0. The number of benzene rings is 1. The van der Waals surface area contributed by atoms with Gasteiger partial charge in [0.05, 0.1) is 12.2 Å². The molecule has 2 rings (SSSR count). The molecule has 0 saturated carbocycles. The summed E-state index contributed by atoms with van der Waals surface area (Å²) in [5, 5.41) is 18.8. The summed E-state index contributed by atoms with van der Waals surface area (Å²) in [6.45, 7) is 1.56. The van der Waals surface area contributed by atoms with E-state index in [1.807, 2.05) is 0 Å². The highest BCUT2D eigenvalue weighted by Gasteiger charge is 2.22. The standard InChI is InChI=1S/C15H16N2O6S/c1-9-5-3-4-6-11(9)17(24(22)23)8-10-7-12(18)14(19)13(15(20)21)16(10)2/h3-7,19H,8H2,1-2H3,(H,20,21)(H,22,23). The number of aromatic carboxylic acids is 1. The molecule has 1 aromatic heterocycles. The van der Waals surface area contributed by atoms with Gasteiger partial charge in [0, 0.05) is 18.8 Å². The number of aromatic hydroxyl groups is 1. The van der Waals surface area contributed by atoms with Crippen LogP contribution in [0.1, 0.15) is 21.7 Å². The third-order valence-corrected chi connectivity index (χ3v) is 4.31. The lowest BCUT2D eigenvalue weighted by atomic mass is 10.2. The van der Waals surface area contributed by atoms with Gasteiger partial charge < -0.3 is 14.8 Å². The molecule has 1 heterocycles. The predicted octanol–water partition coefficient (Wildman–Crippen LogP) is 1.24. The van der Waals surface area contributed by atoms with Crippen molar-refractivity contribution in [3.05, 3.63) is 57.5 Å². The van der Waals surface area contributed by atoms with Crippen LogP contribution < -0.4 is 9.73 Å². The lowest BCUT2D eigenvalue weighted by molar-refractivity contribution is 0.0681. The molecule has 0 aliphatic carbocycles. The molecule has 3 N–H and O–H groups in total. The normalized spacial score (nSPS) is 12.0.